The van der Waals surface area contributed by atoms with Crippen LogP contribution in [0, 0.1) is 0 Å². The minimum absolute atomic E-state index is 0.871. The Bertz CT molecular complexity index is 352. The first-order valence-electron chi connectivity index (χ1n) is 7.04. The van der Waals surface area contributed by atoms with Crippen LogP contribution in [-0.4, -0.2) is 30.1 Å². The lowest BCUT2D eigenvalue weighted by Crippen LogP contribution is -2.21. The fourth-order valence-electron chi connectivity index (χ4n) is 1.69. The number of hydrogen-bond acceptors (Lipinski definition) is 4. The van der Waals surface area contributed by atoms with E-state index in [2.05, 4.69) is 48.0 Å². The average molecular weight is 250 g/mol. The molecule has 1 heterocycles. The first-order valence-corrected chi connectivity index (χ1v) is 7.04. The van der Waals surface area contributed by atoms with Crippen molar-refractivity contribution in [3.8, 4) is 0 Å². The van der Waals surface area contributed by atoms with E-state index in [1.807, 2.05) is 6.07 Å². The Labute approximate surface area is 111 Å². The SMILES string of the molecule is CCCCN(C)c1cc(NCCC)nc(CC)n1. The summed E-state index contributed by atoms with van der Waals surface area (Å²) in [4.78, 5) is 11.3. The molecule has 0 fully saturated rings. The summed E-state index contributed by atoms with van der Waals surface area (Å²) in [6.45, 7) is 8.46. The maximum atomic E-state index is 4.59. The number of nitrogens with one attached hydrogen (secondary N) is 1. The zero-order chi connectivity index (χ0) is 13.4. The second kappa shape index (κ2) is 7.90. The van der Waals surface area contributed by atoms with Gasteiger partial charge in [-0.05, 0) is 12.8 Å². The lowest BCUT2D eigenvalue weighted by molar-refractivity contribution is 0.754. The minimum atomic E-state index is 0.871. The molecule has 0 aliphatic heterocycles. The Hall–Kier alpha value is -1.32. The van der Waals surface area contributed by atoms with Gasteiger partial charge in [-0.15, -0.1) is 0 Å². The van der Waals surface area contributed by atoms with E-state index in [9.17, 15) is 0 Å². The van der Waals surface area contributed by atoms with E-state index in [1.165, 1.54) is 12.8 Å². The lowest BCUT2D eigenvalue weighted by atomic mass is 10.3. The fourth-order valence-corrected chi connectivity index (χ4v) is 1.69. The summed E-state index contributed by atoms with van der Waals surface area (Å²) < 4.78 is 0. The summed E-state index contributed by atoms with van der Waals surface area (Å²) in [5.41, 5.74) is 0. The van der Waals surface area contributed by atoms with Crippen LogP contribution in [0.2, 0.25) is 0 Å². The third kappa shape index (κ3) is 4.51. The molecule has 0 amide bonds. The predicted molar refractivity (Wildman–Crippen MR) is 78.4 cm³/mol. The van der Waals surface area contributed by atoms with E-state index in [0.29, 0.717) is 0 Å². The smallest absolute Gasteiger partial charge is 0.134 e. The molecular weight excluding hydrogens is 224 g/mol. The van der Waals surface area contributed by atoms with Crippen molar-refractivity contribution in [2.24, 2.45) is 0 Å². The summed E-state index contributed by atoms with van der Waals surface area (Å²) in [5, 5.41) is 3.34. The summed E-state index contributed by atoms with van der Waals surface area (Å²) in [7, 11) is 2.10. The van der Waals surface area contributed by atoms with Crippen molar-refractivity contribution in [1.29, 1.82) is 0 Å². The van der Waals surface area contributed by atoms with Crippen LogP contribution in [-0.2, 0) is 6.42 Å². The van der Waals surface area contributed by atoms with Gasteiger partial charge in [0, 0.05) is 32.6 Å². The van der Waals surface area contributed by atoms with Crippen LogP contribution >= 0.6 is 0 Å². The van der Waals surface area contributed by atoms with Gasteiger partial charge in [0.1, 0.15) is 17.5 Å². The summed E-state index contributed by atoms with van der Waals surface area (Å²) >= 11 is 0. The van der Waals surface area contributed by atoms with E-state index in [0.717, 1.165) is 43.4 Å². The molecule has 0 atom stereocenters. The van der Waals surface area contributed by atoms with Gasteiger partial charge in [-0.3, -0.25) is 0 Å². The number of rotatable bonds is 8. The summed E-state index contributed by atoms with van der Waals surface area (Å²) in [5.74, 6) is 2.88. The van der Waals surface area contributed by atoms with Crippen molar-refractivity contribution >= 4 is 11.6 Å². The molecular formula is C14H26N4. The molecule has 0 bridgehead atoms. The Morgan fingerprint density at radius 2 is 1.94 bits per heavy atom. The van der Waals surface area contributed by atoms with Crippen molar-refractivity contribution in [1.82, 2.24) is 9.97 Å². The lowest BCUT2D eigenvalue weighted by Gasteiger charge is -2.19. The van der Waals surface area contributed by atoms with Crippen LogP contribution in [0.15, 0.2) is 6.07 Å². The van der Waals surface area contributed by atoms with Crippen molar-refractivity contribution in [3.63, 3.8) is 0 Å². The highest BCUT2D eigenvalue weighted by atomic mass is 15.2. The van der Waals surface area contributed by atoms with Gasteiger partial charge in [-0.2, -0.15) is 0 Å². The highest BCUT2D eigenvalue weighted by molar-refractivity contribution is 5.49. The number of unbranched alkanes of at least 4 members (excludes halogenated alkanes) is 1. The Kier molecular flexibility index (Phi) is 6.47. The van der Waals surface area contributed by atoms with Gasteiger partial charge >= 0.3 is 0 Å². The Morgan fingerprint density at radius 1 is 1.17 bits per heavy atom. The van der Waals surface area contributed by atoms with Gasteiger partial charge in [0.2, 0.25) is 0 Å². The Morgan fingerprint density at radius 3 is 2.56 bits per heavy atom. The quantitative estimate of drug-likeness (QED) is 0.769. The molecule has 0 radical (unpaired) electrons. The monoisotopic (exact) mass is 250 g/mol. The zero-order valence-corrected chi connectivity index (χ0v) is 12.2. The van der Waals surface area contributed by atoms with Crippen molar-refractivity contribution < 1.29 is 0 Å². The van der Waals surface area contributed by atoms with Gasteiger partial charge < -0.3 is 10.2 Å². The molecule has 1 aromatic heterocycles. The third-order valence-corrected chi connectivity index (χ3v) is 2.87. The molecule has 18 heavy (non-hydrogen) atoms. The zero-order valence-electron chi connectivity index (χ0n) is 12.2. The van der Waals surface area contributed by atoms with Gasteiger partial charge in [-0.1, -0.05) is 27.2 Å². The highest BCUT2D eigenvalue weighted by Crippen LogP contribution is 2.15. The van der Waals surface area contributed by atoms with Gasteiger partial charge in [0.15, 0.2) is 0 Å². The molecule has 0 saturated carbocycles. The molecule has 1 rings (SSSR count). The molecule has 0 saturated heterocycles. The number of hydrogen-bond donors (Lipinski definition) is 1. The van der Waals surface area contributed by atoms with E-state index >= 15 is 0 Å². The maximum Gasteiger partial charge on any atom is 0.134 e. The molecule has 4 nitrogen and oxygen atoms in total. The minimum Gasteiger partial charge on any atom is -0.370 e. The van der Waals surface area contributed by atoms with E-state index in [4.69, 9.17) is 0 Å². The predicted octanol–water partition coefficient (Wildman–Crippen LogP) is 3.10. The Balaban J connectivity index is 2.81. The van der Waals surface area contributed by atoms with Crippen LogP contribution in [0.1, 0.15) is 45.9 Å². The fraction of sp³-hybridized carbons (Fsp3) is 0.714. The van der Waals surface area contributed by atoms with Crippen LogP contribution in [0.4, 0.5) is 11.6 Å². The standard InChI is InChI=1S/C14H26N4/c1-5-8-10-18(4)14-11-13(15-9-6-2)16-12(7-3)17-14/h11H,5-10H2,1-4H3,(H,15,16,17). The van der Waals surface area contributed by atoms with Gasteiger partial charge in [0.25, 0.3) is 0 Å². The average Bonchev–Trinajstić information content (AvgIpc) is 2.41. The molecule has 1 N–H and O–H groups in total. The molecule has 102 valence electrons. The molecule has 0 spiro atoms. The largest absolute Gasteiger partial charge is 0.370 e. The highest BCUT2D eigenvalue weighted by Gasteiger charge is 2.07. The van der Waals surface area contributed by atoms with Crippen LogP contribution in [0.3, 0.4) is 0 Å². The topological polar surface area (TPSA) is 41.0 Å². The molecule has 0 unspecified atom stereocenters. The summed E-state index contributed by atoms with van der Waals surface area (Å²) in [6.07, 6.45) is 4.37. The van der Waals surface area contributed by atoms with E-state index < -0.39 is 0 Å². The molecule has 0 aliphatic carbocycles. The van der Waals surface area contributed by atoms with Crippen molar-refractivity contribution in [2.45, 2.75) is 46.5 Å². The van der Waals surface area contributed by atoms with Gasteiger partial charge in [0.05, 0.1) is 0 Å². The van der Waals surface area contributed by atoms with Crippen LogP contribution in [0.5, 0.6) is 0 Å². The van der Waals surface area contributed by atoms with Crippen molar-refractivity contribution in [3.05, 3.63) is 11.9 Å². The number of aromatic nitrogens is 2. The third-order valence-electron chi connectivity index (χ3n) is 2.87. The van der Waals surface area contributed by atoms with E-state index in [-0.39, 0.29) is 0 Å². The van der Waals surface area contributed by atoms with Crippen LogP contribution < -0.4 is 10.2 Å². The first-order chi connectivity index (χ1) is 8.71. The second-order valence-corrected chi connectivity index (χ2v) is 4.58. The summed E-state index contributed by atoms with van der Waals surface area (Å²) in [6, 6.07) is 2.05. The first kappa shape index (κ1) is 14.7. The second-order valence-electron chi connectivity index (χ2n) is 4.58. The number of aryl methyl sites for hydroxylation is 1. The molecule has 0 aromatic carbocycles. The molecule has 0 aliphatic rings. The molecule has 1 aromatic rings. The number of nitrogens with zero attached hydrogens (tertiary/aromatic N) is 3. The van der Waals surface area contributed by atoms with Crippen molar-refractivity contribution in [2.75, 3.05) is 30.4 Å². The maximum absolute atomic E-state index is 4.59. The van der Waals surface area contributed by atoms with Crippen LogP contribution in [0.25, 0.3) is 0 Å². The number of anilines is 2. The van der Waals surface area contributed by atoms with E-state index in [1.54, 1.807) is 0 Å². The molecule has 4 heteroatoms. The normalized spacial score (nSPS) is 10.4. The van der Waals surface area contributed by atoms with Gasteiger partial charge in [-0.25, -0.2) is 9.97 Å².